The van der Waals surface area contributed by atoms with Crippen LogP contribution in [0.3, 0.4) is 0 Å². The summed E-state index contributed by atoms with van der Waals surface area (Å²) in [6.45, 7) is 3.87. The molecule has 0 aromatic carbocycles. The summed E-state index contributed by atoms with van der Waals surface area (Å²) >= 11 is 0. The van der Waals surface area contributed by atoms with Crippen LogP contribution in [0.1, 0.15) is 23.3 Å². The number of primary amides is 1. The van der Waals surface area contributed by atoms with E-state index >= 15 is 0 Å². The van der Waals surface area contributed by atoms with Gasteiger partial charge in [-0.3, -0.25) is 9.59 Å². The Morgan fingerprint density at radius 3 is 2.62 bits per heavy atom. The largest absolute Gasteiger partial charge is 0.431 e. The summed E-state index contributed by atoms with van der Waals surface area (Å²) < 4.78 is 10.8. The van der Waals surface area contributed by atoms with Crippen LogP contribution in [-0.4, -0.2) is 61.2 Å². The molecule has 154 valence electrons. The maximum Gasteiger partial charge on any atom is 0.298 e. The normalized spacial score (nSPS) is 17.9. The molecular formula is C19H24N6O4. The van der Waals surface area contributed by atoms with E-state index in [0.29, 0.717) is 69.8 Å². The van der Waals surface area contributed by atoms with Crippen molar-refractivity contribution >= 4 is 29.3 Å². The number of nitrogens with two attached hydrogens (primary N) is 1. The summed E-state index contributed by atoms with van der Waals surface area (Å²) in [5.41, 5.74) is 6.20. The molecule has 3 N–H and O–H groups in total. The minimum Gasteiger partial charge on any atom is -0.431 e. The van der Waals surface area contributed by atoms with Gasteiger partial charge in [-0.15, -0.1) is 0 Å². The number of oxazole rings is 1. The number of nitrogens with zero attached hydrogens (tertiary/aromatic N) is 4. The quantitative estimate of drug-likeness (QED) is 0.757. The van der Waals surface area contributed by atoms with Gasteiger partial charge in [0, 0.05) is 38.3 Å². The number of aromatic nitrogens is 2. The predicted octanol–water partition coefficient (Wildman–Crippen LogP) is 0.860. The van der Waals surface area contributed by atoms with Crippen molar-refractivity contribution in [2.75, 3.05) is 54.5 Å². The maximum atomic E-state index is 12.7. The predicted molar refractivity (Wildman–Crippen MR) is 106 cm³/mol. The standard InChI is InChI=1S/C19H24N6O4/c20-16(26)13-3-6-24(7-4-13)17-14(2-1-5-21-17)22-18(27)15-12-29-19(23-15)25-8-10-28-11-9-25/h1-2,5,12-13H,3-4,6-11H2,(H2,20,26)(H,22,27). The number of rotatable bonds is 5. The summed E-state index contributed by atoms with van der Waals surface area (Å²) in [6.07, 6.45) is 4.38. The Bertz CT molecular complexity index is 871. The van der Waals surface area contributed by atoms with Crippen LogP contribution >= 0.6 is 0 Å². The van der Waals surface area contributed by atoms with Crippen molar-refractivity contribution in [2.45, 2.75) is 12.8 Å². The number of carbonyl (C=O) groups excluding carboxylic acids is 2. The number of pyridine rings is 1. The summed E-state index contributed by atoms with van der Waals surface area (Å²) in [6, 6.07) is 3.97. The van der Waals surface area contributed by atoms with Gasteiger partial charge in [0.05, 0.1) is 18.9 Å². The molecular weight excluding hydrogens is 376 g/mol. The second kappa shape index (κ2) is 8.48. The van der Waals surface area contributed by atoms with Crippen molar-refractivity contribution in [3.63, 3.8) is 0 Å². The molecule has 0 bridgehead atoms. The third kappa shape index (κ3) is 4.32. The molecule has 2 saturated heterocycles. The molecule has 10 heteroatoms. The molecule has 4 heterocycles. The molecule has 4 rings (SSSR count). The lowest BCUT2D eigenvalue weighted by atomic mass is 9.96. The molecule has 0 spiro atoms. The molecule has 0 saturated carbocycles. The first-order chi connectivity index (χ1) is 14.1. The van der Waals surface area contributed by atoms with Gasteiger partial charge in [-0.2, -0.15) is 4.98 Å². The first-order valence-corrected chi connectivity index (χ1v) is 9.70. The van der Waals surface area contributed by atoms with Gasteiger partial charge in [0.15, 0.2) is 11.5 Å². The van der Waals surface area contributed by atoms with Crippen LogP contribution in [0.5, 0.6) is 0 Å². The molecule has 2 fully saturated rings. The lowest BCUT2D eigenvalue weighted by Gasteiger charge is -2.32. The fourth-order valence-electron chi connectivity index (χ4n) is 3.58. The Morgan fingerprint density at radius 2 is 1.90 bits per heavy atom. The van der Waals surface area contributed by atoms with Crippen LogP contribution in [0.4, 0.5) is 17.5 Å². The van der Waals surface area contributed by atoms with Crippen LogP contribution in [0.2, 0.25) is 0 Å². The lowest BCUT2D eigenvalue weighted by molar-refractivity contribution is -0.122. The number of hydrogen-bond acceptors (Lipinski definition) is 8. The van der Waals surface area contributed by atoms with E-state index in [2.05, 4.69) is 20.2 Å². The van der Waals surface area contributed by atoms with Gasteiger partial charge in [0.25, 0.3) is 11.9 Å². The van der Waals surface area contributed by atoms with Crippen molar-refractivity contribution in [1.82, 2.24) is 9.97 Å². The van der Waals surface area contributed by atoms with E-state index in [-0.39, 0.29) is 23.4 Å². The molecule has 0 radical (unpaired) electrons. The highest BCUT2D eigenvalue weighted by molar-refractivity contribution is 6.04. The number of amides is 2. The van der Waals surface area contributed by atoms with Gasteiger partial charge < -0.3 is 30.0 Å². The molecule has 2 aromatic rings. The highest BCUT2D eigenvalue weighted by Gasteiger charge is 2.26. The monoisotopic (exact) mass is 400 g/mol. The zero-order valence-electron chi connectivity index (χ0n) is 16.0. The number of ether oxygens (including phenoxy) is 1. The van der Waals surface area contributed by atoms with Crippen LogP contribution in [0, 0.1) is 5.92 Å². The molecule has 10 nitrogen and oxygen atoms in total. The van der Waals surface area contributed by atoms with E-state index in [1.807, 2.05) is 4.90 Å². The van der Waals surface area contributed by atoms with Gasteiger partial charge in [-0.25, -0.2) is 4.98 Å². The van der Waals surface area contributed by atoms with Crippen molar-refractivity contribution in [2.24, 2.45) is 11.7 Å². The Hall–Kier alpha value is -3.14. The zero-order valence-corrected chi connectivity index (χ0v) is 16.0. The van der Waals surface area contributed by atoms with Gasteiger partial charge in [-0.05, 0) is 25.0 Å². The second-order valence-electron chi connectivity index (χ2n) is 7.11. The van der Waals surface area contributed by atoms with E-state index in [1.54, 1.807) is 18.3 Å². The van der Waals surface area contributed by atoms with Gasteiger partial charge in [-0.1, -0.05) is 0 Å². The number of piperidine rings is 1. The summed E-state index contributed by atoms with van der Waals surface area (Å²) in [5.74, 6) is -0.0711. The summed E-state index contributed by atoms with van der Waals surface area (Å²) in [4.78, 5) is 36.8. The summed E-state index contributed by atoms with van der Waals surface area (Å²) in [7, 11) is 0. The molecule has 2 aromatic heterocycles. The summed E-state index contributed by atoms with van der Waals surface area (Å²) in [5, 5.41) is 2.87. The topological polar surface area (TPSA) is 127 Å². The number of hydrogen-bond donors (Lipinski definition) is 2. The third-order valence-electron chi connectivity index (χ3n) is 5.24. The molecule has 0 atom stereocenters. The SMILES string of the molecule is NC(=O)C1CCN(c2ncccc2NC(=O)c2coc(N3CCOCC3)n2)CC1. The minimum atomic E-state index is -0.366. The Balaban J connectivity index is 1.44. The lowest BCUT2D eigenvalue weighted by Crippen LogP contribution is -2.39. The molecule has 2 aliphatic rings. The van der Waals surface area contributed by atoms with E-state index in [9.17, 15) is 9.59 Å². The highest BCUT2D eigenvalue weighted by atomic mass is 16.5. The smallest absolute Gasteiger partial charge is 0.298 e. The Labute approximate surface area is 168 Å². The second-order valence-corrected chi connectivity index (χ2v) is 7.11. The van der Waals surface area contributed by atoms with E-state index < -0.39 is 0 Å². The van der Waals surface area contributed by atoms with Crippen LogP contribution in [0.25, 0.3) is 0 Å². The fourth-order valence-corrected chi connectivity index (χ4v) is 3.58. The van der Waals surface area contributed by atoms with Crippen LogP contribution in [0.15, 0.2) is 29.0 Å². The fraction of sp³-hybridized carbons (Fsp3) is 0.474. The number of carbonyl (C=O) groups is 2. The third-order valence-corrected chi connectivity index (χ3v) is 5.24. The maximum absolute atomic E-state index is 12.7. The van der Waals surface area contributed by atoms with Gasteiger partial charge in [0.1, 0.15) is 6.26 Å². The van der Waals surface area contributed by atoms with E-state index in [4.69, 9.17) is 14.9 Å². The van der Waals surface area contributed by atoms with Crippen molar-refractivity contribution in [3.8, 4) is 0 Å². The van der Waals surface area contributed by atoms with Gasteiger partial charge in [0.2, 0.25) is 5.91 Å². The molecule has 2 amide bonds. The number of morpholine rings is 1. The molecule has 29 heavy (non-hydrogen) atoms. The highest BCUT2D eigenvalue weighted by Crippen LogP contribution is 2.28. The van der Waals surface area contributed by atoms with E-state index in [0.717, 1.165) is 0 Å². The van der Waals surface area contributed by atoms with Crippen molar-refractivity contribution < 1.29 is 18.7 Å². The average Bonchev–Trinajstić information content (AvgIpc) is 3.25. The van der Waals surface area contributed by atoms with Crippen LogP contribution < -0.4 is 20.9 Å². The number of anilines is 3. The Morgan fingerprint density at radius 1 is 1.14 bits per heavy atom. The molecule has 0 unspecified atom stereocenters. The van der Waals surface area contributed by atoms with Crippen LogP contribution in [-0.2, 0) is 9.53 Å². The molecule has 2 aliphatic heterocycles. The van der Waals surface area contributed by atoms with Gasteiger partial charge >= 0.3 is 0 Å². The zero-order chi connectivity index (χ0) is 20.2. The first kappa shape index (κ1) is 19.2. The van der Waals surface area contributed by atoms with E-state index in [1.165, 1.54) is 6.26 Å². The first-order valence-electron chi connectivity index (χ1n) is 9.70. The minimum absolute atomic E-state index is 0.109. The number of nitrogens with one attached hydrogen (secondary N) is 1. The van der Waals surface area contributed by atoms with Crippen molar-refractivity contribution in [3.05, 3.63) is 30.3 Å². The van der Waals surface area contributed by atoms with Crippen molar-refractivity contribution in [1.29, 1.82) is 0 Å². The molecule has 0 aliphatic carbocycles. The Kier molecular flexibility index (Phi) is 5.61. The average molecular weight is 400 g/mol.